The molecule has 0 fully saturated rings. The number of nitrogens with one attached hydrogen (secondary N) is 1. The third-order valence-corrected chi connectivity index (χ3v) is 4.17. The summed E-state index contributed by atoms with van der Waals surface area (Å²) in [5.41, 5.74) is 2.63. The van der Waals surface area contributed by atoms with Crippen LogP contribution in [0.1, 0.15) is 18.1 Å². The molecule has 0 atom stereocenters. The molecule has 112 valence electrons. The van der Waals surface area contributed by atoms with Crippen LogP contribution in [-0.4, -0.2) is 19.3 Å². The Morgan fingerprint density at radius 3 is 2.48 bits per heavy atom. The van der Waals surface area contributed by atoms with Crippen molar-refractivity contribution in [2.45, 2.75) is 24.8 Å². The Labute approximate surface area is 131 Å². The summed E-state index contributed by atoms with van der Waals surface area (Å²) in [6, 6.07) is 16.7. The standard InChI is InChI=1S/C18H23NOS/c1-3-19-13-12-15-8-4-5-9-16(15)14-20-17-10-6-7-11-18(17)21-2/h4-11,19H,3,12-14H2,1-2H3. The SMILES string of the molecule is CCNCCc1ccccc1COc1ccccc1SC. The number of ether oxygens (including phenoxy) is 1. The Hall–Kier alpha value is -1.45. The average Bonchev–Trinajstić information content (AvgIpc) is 2.54. The van der Waals surface area contributed by atoms with E-state index in [0.717, 1.165) is 25.3 Å². The van der Waals surface area contributed by atoms with Gasteiger partial charge in [0.1, 0.15) is 12.4 Å². The van der Waals surface area contributed by atoms with Gasteiger partial charge in [-0.2, -0.15) is 0 Å². The molecule has 0 aliphatic carbocycles. The van der Waals surface area contributed by atoms with E-state index in [0.29, 0.717) is 6.61 Å². The molecule has 3 heteroatoms. The molecule has 0 saturated heterocycles. The van der Waals surface area contributed by atoms with Gasteiger partial charge in [-0.15, -0.1) is 11.8 Å². The van der Waals surface area contributed by atoms with Crippen LogP contribution in [0.25, 0.3) is 0 Å². The highest BCUT2D eigenvalue weighted by Crippen LogP contribution is 2.27. The molecule has 1 N–H and O–H groups in total. The summed E-state index contributed by atoms with van der Waals surface area (Å²) in [4.78, 5) is 1.18. The molecule has 0 aromatic heterocycles. The zero-order valence-electron chi connectivity index (χ0n) is 12.8. The van der Waals surface area contributed by atoms with Crippen LogP contribution in [0.5, 0.6) is 5.75 Å². The molecule has 0 radical (unpaired) electrons. The van der Waals surface area contributed by atoms with Crippen LogP contribution < -0.4 is 10.1 Å². The van der Waals surface area contributed by atoms with Crippen LogP contribution in [0, 0.1) is 0 Å². The number of likely N-dealkylation sites (N-methyl/N-ethyl adjacent to an activating group) is 1. The molecule has 0 aliphatic rings. The molecule has 2 aromatic rings. The van der Waals surface area contributed by atoms with E-state index in [1.54, 1.807) is 11.8 Å². The van der Waals surface area contributed by atoms with Crippen molar-refractivity contribution in [2.75, 3.05) is 19.3 Å². The Kier molecular flexibility index (Phi) is 6.64. The summed E-state index contributed by atoms with van der Waals surface area (Å²) in [5.74, 6) is 0.964. The molecule has 21 heavy (non-hydrogen) atoms. The van der Waals surface area contributed by atoms with Crippen molar-refractivity contribution < 1.29 is 4.74 Å². The van der Waals surface area contributed by atoms with Crippen molar-refractivity contribution in [3.05, 3.63) is 59.7 Å². The number of hydrogen-bond acceptors (Lipinski definition) is 3. The molecule has 0 amide bonds. The van der Waals surface area contributed by atoms with Crippen LogP contribution in [0.2, 0.25) is 0 Å². The minimum atomic E-state index is 0.625. The topological polar surface area (TPSA) is 21.3 Å². The van der Waals surface area contributed by atoms with Crippen molar-refractivity contribution in [2.24, 2.45) is 0 Å². The summed E-state index contributed by atoms with van der Waals surface area (Å²) < 4.78 is 6.02. The first-order chi connectivity index (χ1) is 10.3. The summed E-state index contributed by atoms with van der Waals surface area (Å²) in [7, 11) is 0. The minimum Gasteiger partial charge on any atom is -0.488 e. The fourth-order valence-electron chi connectivity index (χ4n) is 2.24. The summed E-state index contributed by atoms with van der Waals surface area (Å²) in [6.45, 7) is 4.78. The van der Waals surface area contributed by atoms with Gasteiger partial charge in [0.2, 0.25) is 0 Å². The molecule has 2 nitrogen and oxygen atoms in total. The smallest absolute Gasteiger partial charge is 0.133 e. The Morgan fingerprint density at radius 1 is 1.00 bits per heavy atom. The molecule has 0 unspecified atom stereocenters. The molecular weight excluding hydrogens is 278 g/mol. The highest BCUT2D eigenvalue weighted by atomic mass is 32.2. The summed E-state index contributed by atoms with van der Waals surface area (Å²) in [6.07, 6.45) is 3.12. The fraction of sp³-hybridized carbons (Fsp3) is 0.333. The Morgan fingerprint density at radius 2 is 1.71 bits per heavy atom. The average molecular weight is 301 g/mol. The van der Waals surface area contributed by atoms with Crippen molar-refractivity contribution >= 4 is 11.8 Å². The number of hydrogen-bond donors (Lipinski definition) is 1. The van der Waals surface area contributed by atoms with Crippen LogP contribution in [-0.2, 0) is 13.0 Å². The van der Waals surface area contributed by atoms with E-state index in [1.165, 1.54) is 16.0 Å². The van der Waals surface area contributed by atoms with Gasteiger partial charge >= 0.3 is 0 Å². The van der Waals surface area contributed by atoms with E-state index >= 15 is 0 Å². The zero-order chi connectivity index (χ0) is 14.9. The van der Waals surface area contributed by atoms with Gasteiger partial charge in [-0.05, 0) is 49.0 Å². The Bertz CT molecular complexity index is 556. The van der Waals surface area contributed by atoms with Crippen LogP contribution >= 0.6 is 11.8 Å². The first-order valence-corrected chi connectivity index (χ1v) is 8.61. The maximum Gasteiger partial charge on any atom is 0.133 e. The van der Waals surface area contributed by atoms with E-state index in [1.807, 2.05) is 18.2 Å². The monoisotopic (exact) mass is 301 g/mol. The molecule has 0 saturated carbocycles. The molecule has 0 aliphatic heterocycles. The highest BCUT2D eigenvalue weighted by Gasteiger charge is 2.05. The largest absolute Gasteiger partial charge is 0.488 e. The van der Waals surface area contributed by atoms with E-state index < -0.39 is 0 Å². The van der Waals surface area contributed by atoms with E-state index in [-0.39, 0.29) is 0 Å². The molecular formula is C18H23NOS. The predicted octanol–water partition coefficient (Wildman–Crippen LogP) is 4.14. The first kappa shape index (κ1) is 15.9. The van der Waals surface area contributed by atoms with E-state index in [2.05, 4.69) is 48.8 Å². The van der Waals surface area contributed by atoms with Gasteiger partial charge in [-0.3, -0.25) is 0 Å². The lowest BCUT2D eigenvalue weighted by Gasteiger charge is -2.13. The summed E-state index contributed by atoms with van der Waals surface area (Å²) >= 11 is 1.72. The van der Waals surface area contributed by atoms with Crippen LogP contribution in [0.4, 0.5) is 0 Å². The molecule has 0 bridgehead atoms. The van der Waals surface area contributed by atoms with E-state index in [9.17, 15) is 0 Å². The second kappa shape index (κ2) is 8.75. The second-order valence-electron chi connectivity index (χ2n) is 4.81. The van der Waals surface area contributed by atoms with Crippen molar-refractivity contribution in [3.8, 4) is 5.75 Å². The predicted molar refractivity (Wildman–Crippen MR) is 91.2 cm³/mol. The molecule has 0 spiro atoms. The van der Waals surface area contributed by atoms with Gasteiger partial charge in [-0.25, -0.2) is 0 Å². The maximum atomic E-state index is 6.02. The van der Waals surface area contributed by atoms with Gasteiger partial charge < -0.3 is 10.1 Å². The van der Waals surface area contributed by atoms with Crippen molar-refractivity contribution in [3.63, 3.8) is 0 Å². The molecule has 0 heterocycles. The highest BCUT2D eigenvalue weighted by molar-refractivity contribution is 7.98. The lowest BCUT2D eigenvalue weighted by atomic mass is 10.1. The third kappa shape index (κ3) is 4.80. The van der Waals surface area contributed by atoms with Crippen LogP contribution in [0.15, 0.2) is 53.4 Å². The minimum absolute atomic E-state index is 0.625. The number of thioether (sulfide) groups is 1. The van der Waals surface area contributed by atoms with Gasteiger partial charge in [0.25, 0.3) is 0 Å². The molecule has 2 rings (SSSR count). The fourth-order valence-corrected chi connectivity index (χ4v) is 2.78. The van der Waals surface area contributed by atoms with Crippen molar-refractivity contribution in [1.82, 2.24) is 5.32 Å². The number of rotatable bonds is 8. The normalized spacial score (nSPS) is 10.6. The third-order valence-electron chi connectivity index (χ3n) is 3.39. The quantitative estimate of drug-likeness (QED) is 0.585. The molecule has 2 aromatic carbocycles. The number of para-hydroxylation sites is 1. The lowest BCUT2D eigenvalue weighted by molar-refractivity contribution is 0.297. The summed E-state index contributed by atoms with van der Waals surface area (Å²) in [5, 5.41) is 3.37. The zero-order valence-corrected chi connectivity index (χ0v) is 13.6. The van der Waals surface area contributed by atoms with Gasteiger partial charge in [0.15, 0.2) is 0 Å². The van der Waals surface area contributed by atoms with E-state index in [4.69, 9.17) is 4.74 Å². The maximum absolute atomic E-state index is 6.02. The van der Waals surface area contributed by atoms with Gasteiger partial charge in [0, 0.05) is 4.90 Å². The lowest BCUT2D eigenvalue weighted by Crippen LogP contribution is -2.17. The van der Waals surface area contributed by atoms with Gasteiger partial charge in [-0.1, -0.05) is 43.3 Å². The van der Waals surface area contributed by atoms with Crippen molar-refractivity contribution in [1.29, 1.82) is 0 Å². The second-order valence-corrected chi connectivity index (χ2v) is 5.66. The van der Waals surface area contributed by atoms with Gasteiger partial charge in [0.05, 0.1) is 0 Å². The number of benzene rings is 2. The Balaban J connectivity index is 2.02. The first-order valence-electron chi connectivity index (χ1n) is 7.38. The van der Waals surface area contributed by atoms with Crippen LogP contribution in [0.3, 0.4) is 0 Å².